The van der Waals surface area contributed by atoms with Crippen LogP contribution in [0.25, 0.3) is 0 Å². The molecule has 0 aromatic heterocycles. The largest absolute Gasteiger partial charge is 0.373 e. The summed E-state index contributed by atoms with van der Waals surface area (Å²) in [5.41, 5.74) is 0. The summed E-state index contributed by atoms with van der Waals surface area (Å²) in [6.07, 6.45) is 0.282. The van der Waals surface area contributed by atoms with Crippen LogP contribution in [0.1, 0.15) is 0 Å². The average Bonchev–Trinajstić information content (AvgIpc) is 2.07. The van der Waals surface area contributed by atoms with Crippen molar-refractivity contribution in [2.75, 3.05) is 69.6 Å². The van der Waals surface area contributed by atoms with Crippen molar-refractivity contribution in [3.63, 3.8) is 0 Å². The van der Waals surface area contributed by atoms with Crippen molar-refractivity contribution in [3.05, 3.63) is 0 Å². The van der Waals surface area contributed by atoms with Gasteiger partial charge in [0.15, 0.2) is 0 Å². The standard InChI is InChI=1S/C12H30N2O2/c1-13(2,3)9-11(15-7)12(16-8)10-14(4,5)6/h11-12H,9-10H2,1-8H3/q+2/t11-,12+. The summed E-state index contributed by atoms with van der Waals surface area (Å²) in [5.74, 6) is 0. The van der Waals surface area contributed by atoms with E-state index in [1.807, 2.05) is 0 Å². The third-order valence-corrected chi connectivity index (χ3v) is 2.48. The Bertz CT molecular complexity index is 172. The van der Waals surface area contributed by atoms with E-state index in [0.717, 1.165) is 22.1 Å². The molecule has 0 spiro atoms. The third-order valence-electron chi connectivity index (χ3n) is 2.48. The van der Waals surface area contributed by atoms with Gasteiger partial charge in [-0.2, -0.15) is 0 Å². The first-order valence-corrected chi connectivity index (χ1v) is 5.75. The SMILES string of the molecule is CO[C@@H](C[N+](C)(C)C)[C@@H](C[N+](C)(C)C)OC. The normalized spacial score (nSPS) is 17.2. The first kappa shape index (κ1) is 15.8. The molecule has 0 unspecified atom stereocenters. The van der Waals surface area contributed by atoms with Crippen LogP contribution in [0.5, 0.6) is 0 Å². The maximum absolute atomic E-state index is 5.57. The van der Waals surface area contributed by atoms with Gasteiger partial charge in [0.1, 0.15) is 25.3 Å². The van der Waals surface area contributed by atoms with Crippen LogP contribution in [0.2, 0.25) is 0 Å². The van der Waals surface area contributed by atoms with E-state index in [1.165, 1.54) is 0 Å². The van der Waals surface area contributed by atoms with Crippen LogP contribution in [0.15, 0.2) is 0 Å². The smallest absolute Gasteiger partial charge is 0.137 e. The van der Waals surface area contributed by atoms with Gasteiger partial charge in [-0.05, 0) is 0 Å². The van der Waals surface area contributed by atoms with Crippen LogP contribution in [-0.4, -0.2) is 90.8 Å². The summed E-state index contributed by atoms with van der Waals surface area (Å²) in [6, 6.07) is 0. The molecule has 0 N–H and O–H groups in total. The van der Waals surface area contributed by atoms with Gasteiger partial charge in [0, 0.05) is 14.2 Å². The molecule has 0 bridgehead atoms. The molecule has 2 atom stereocenters. The van der Waals surface area contributed by atoms with Crippen LogP contribution in [0.4, 0.5) is 0 Å². The van der Waals surface area contributed by atoms with Crippen molar-refractivity contribution in [2.45, 2.75) is 12.2 Å². The molecule has 4 nitrogen and oxygen atoms in total. The molecule has 0 rings (SSSR count). The topological polar surface area (TPSA) is 18.5 Å². The fourth-order valence-electron chi connectivity index (χ4n) is 1.77. The molecule has 0 aromatic carbocycles. The number of nitrogens with zero attached hydrogens (tertiary/aromatic N) is 2. The molecule has 0 radical (unpaired) electrons. The summed E-state index contributed by atoms with van der Waals surface area (Å²) >= 11 is 0. The summed E-state index contributed by atoms with van der Waals surface area (Å²) < 4.78 is 12.9. The highest BCUT2D eigenvalue weighted by Crippen LogP contribution is 2.10. The summed E-state index contributed by atoms with van der Waals surface area (Å²) in [7, 11) is 16.6. The van der Waals surface area contributed by atoms with Gasteiger partial charge in [0.05, 0.1) is 42.3 Å². The summed E-state index contributed by atoms with van der Waals surface area (Å²) in [6.45, 7) is 1.91. The van der Waals surface area contributed by atoms with Gasteiger partial charge in [-0.15, -0.1) is 0 Å². The quantitative estimate of drug-likeness (QED) is 0.595. The highest BCUT2D eigenvalue weighted by molar-refractivity contribution is 4.69. The Labute approximate surface area is 101 Å². The van der Waals surface area contributed by atoms with Gasteiger partial charge in [-0.1, -0.05) is 0 Å². The zero-order chi connectivity index (χ0) is 13.0. The Kier molecular flexibility index (Phi) is 5.90. The van der Waals surface area contributed by atoms with Crippen molar-refractivity contribution in [3.8, 4) is 0 Å². The monoisotopic (exact) mass is 234 g/mol. The van der Waals surface area contributed by atoms with E-state index < -0.39 is 0 Å². The lowest BCUT2D eigenvalue weighted by Crippen LogP contribution is -2.53. The lowest BCUT2D eigenvalue weighted by Gasteiger charge is -2.35. The highest BCUT2D eigenvalue weighted by atomic mass is 16.5. The number of hydrogen-bond donors (Lipinski definition) is 0. The molecule has 0 aliphatic heterocycles. The Hall–Kier alpha value is -0.160. The molecular formula is C12H30N2O2+2. The van der Waals surface area contributed by atoms with Crippen molar-refractivity contribution >= 4 is 0 Å². The molecule has 0 saturated carbocycles. The fourth-order valence-corrected chi connectivity index (χ4v) is 1.77. The number of hydrogen-bond acceptors (Lipinski definition) is 2. The molecule has 0 aliphatic rings. The van der Waals surface area contributed by atoms with E-state index in [0.29, 0.717) is 0 Å². The van der Waals surface area contributed by atoms with E-state index >= 15 is 0 Å². The van der Waals surface area contributed by atoms with E-state index in [-0.39, 0.29) is 12.2 Å². The van der Waals surface area contributed by atoms with E-state index in [4.69, 9.17) is 9.47 Å². The lowest BCUT2D eigenvalue weighted by molar-refractivity contribution is -0.882. The van der Waals surface area contributed by atoms with Crippen LogP contribution in [0.3, 0.4) is 0 Å². The average molecular weight is 234 g/mol. The maximum atomic E-state index is 5.57. The Balaban J connectivity index is 4.51. The predicted molar refractivity (Wildman–Crippen MR) is 67.4 cm³/mol. The number of ether oxygens (including phenoxy) is 2. The first-order chi connectivity index (χ1) is 7.09. The molecular weight excluding hydrogens is 204 g/mol. The Morgan fingerprint density at radius 2 is 0.938 bits per heavy atom. The lowest BCUT2D eigenvalue weighted by atomic mass is 10.1. The van der Waals surface area contributed by atoms with Gasteiger partial charge in [0.2, 0.25) is 0 Å². The molecule has 0 heterocycles. The number of methoxy groups -OCH3 is 2. The summed E-state index contributed by atoms with van der Waals surface area (Å²) in [4.78, 5) is 0. The van der Waals surface area contributed by atoms with Crippen molar-refractivity contribution in [1.82, 2.24) is 0 Å². The zero-order valence-electron chi connectivity index (χ0n) is 12.3. The molecule has 0 fully saturated rings. The zero-order valence-corrected chi connectivity index (χ0v) is 12.3. The Morgan fingerprint density at radius 3 is 1.06 bits per heavy atom. The molecule has 0 aliphatic carbocycles. The van der Waals surface area contributed by atoms with E-state index in [1.54, 1.807) is 14.2 Å². The van der Waals surface area contributed by atoms with Gasteiger partial charge in [0.25, 0.3) is 0 Å². The van der Waals surface area contributed by atoms with Crippen LogP contribution in [-0.2, 0) is 9.47 Å². The minimum absolute atomic E-state index is 0.141. The first-order valence-electron chi connectivity index (χ1n) is 5.75. The molecule has 4 heteroatoms. The Morgan fingerprint density at radius 1 is 0.688 bits per heavy atom. The van der Waals surface area contributed by atoms with Crippen LogP contribution in [0, 0.1) is 0 Å². The third kappa shape index (κ3) is 7.17. The number of rotatable bonds is 7. The van der Waals surface area contributed by atoms with Crippen molar-refractivity contribution in [1.29, 1.82) is 0 Å². The second kappa shape index (κ2) is 5.96. The highest BCUT2D eigenvalue weighted by Gasteiger charge is 2.31. The van der Waals surface area contributed by atoms with Crippen molar-refractivity contribution in [2.24, 2.45) is 0 Å². The molecule has 98 valence electrons. The van der Waals surface area contributed by atoms with Crippen LogP contribution < -0.4 is 0 Å². The number of quaternary nitrogens is 2. The van der Waals surface area contributed by atoms with Gasteiger partial charge >= 0.3 is 0 Å². The molecule has 0 saturated heterocycles. The minimum atomic E-state index is 0.141. The van der Waals surface area contributed by atoms with Gasteiger partial charge in [-0.25, -0.2) is 0 Å². The second-order valence-electron chi connectivity index (χ2n) is 6.49. The minimum Gasteiger partial charge on any atom is -0.373 e. The second-order valence-corrected chi connectivity index (χ2v) is 6.49. The van der Waals surface area contributed by atoms with Crippen molar-refractivity contribution < 1.29 is 18.4 Å². The molecule has 0 amide bonds. The number of likely N-dealkylation sites (N-methyl/N-ethyl adjacent to an activating group) is 2. The maximum Gasteiger partial charge on any atom is 0.137 e. The summed E-state index contributed by atoms with van der Waals surface area (Å²) in [5, 5.41) is 0. The molecule has 16 heavy (non-hydrogen) atoms. The molecule has 0 aromatic rings. The van der Waals surface area contributed by atoms with Crippen LogP contribution >= 0.6 is 0 Å². The van der Waals surface area contributed by atoms with E-state index in [9.17, 15) is 0 Å². The van der Waals surface area contributed by atoms with E-state index in [2.05, 4.69) is 42.3 Å². The fraction of sp³-hybridized carbons (Fsp3) is 1.00. The predicted octanol–water partition coefficient (Wildman–Crippen LogP) is 0.429. The van der Waals surface area contributed by atoms with Gasteiger partial charge < -0.3 is 18.4 Å². The van der Waals surface area contributed by atoms with Gasteiger partial charge in [-0.3, -0.25) is 0 Å².